The number of halogens is 1. The molecule has 0 radical (unpaired) electrons. The van der Waals surface area contributed by atoms with Crippen LogP contribution in [0.3, 0.4) is 0 Å². The topological polar surface area (TPSA) is 46.6 Å². The van der Waals surface area contributed by atoms with Crippen LogP contribution < -0.4 is 4.74 Å². The molecule has 0 amide bonds. The molecule has 32 heavy (non-hydrogen) atoms. The molecule has 168 valence electrons. The van der Waals surface area contributed by atoms with E-state index in [0.717, 1.165) is 61.0 Å². The lowest BCUT2D eigenvalue weighted by Crippen LogP contribution is -2.35. The van der Waals surface area contributed by atoms with Gasteiger partial charge in [0.05, 0.1) is 11.5 Å². The molecule has 1 aliphatic heterocycles. The van der Waals surface area contributed by atoms with Gasteiger partial charge in [0.15, 0.2) is 9.84 Å². The first-order valence-corrected chi connectivity index (χ1v) is 13.1. The van der Waals surface area contributed by atoms with Crippen molar-refractivity contribution in [3.05, 3.63) is 83.4 Å². The Kier molecular flexibility index (Phi) is 7.19. The second-order valence-corrected chi connectivity index (χ2v) is 10.9. The molecule has 1 saturated heterocycles. The fraction of sp³-hybridized carbons (Fsp3) is 0.308. The van der Waals surface area contributed by atoms with E-state index >= 15 is 0 Å². The number of likely N-dealkylation sites (tertiary alicyclic amines) is 1. The number of sulfone groups is 1. The molecule has 1 heterocycles. The normalized spacial score (nSPS) is 15.6. The fourth-order valence-electron chi connectivity index (χ4n) is 4.01. The Morgan fingerprint density at radius 1 is 0.875 bits per heavy atom. The van der Waals surface area contributed by atoms with Crippen molar-refractivity contribution in [3.63, 3.8) is 0 Å². The molecule has 6 heteroatoms. The standard InChI is InChI=1S/C26H28ClNO3S/c1-32(29,30)26-12-6-23(7-13-26)22-4-10-25(11-5-22)31-19-21-14-16-28(17-15-21)18-20-2-8-24(27)9-3-20/h2-13,21H,14-19H2,1H3. The van der Waals surface area contributed by atoms with Gasteiger partial charge in [-0.3, -0.25) is 4.90 Å². The highest BCUT2D eigenvalue weighted by molar-refractivity contribution is 7.90. The third kappa shape index (κ3) is 6.12. The van der Waals surface area contributed by atoms with Crippen LogP contribution in [0, 0.1) is 5.92 Å². The van der Waals surface area contributed by atoms with E-state index in [1.54, 1.807) is 12.1 Å². The molecule has 0 atom stereocenters. The number of hydrogen-bond donors (Lipinski definition) is 0. The lowest BCUT2D eigenvalue weighted by atomic mass is 9.97. The number of piperidine rings is 1. The van der Waals surface area contributed by atoms with Crippen molar-refractivity contribution in [3.8, 4) is 16.9 Å². The molecule has 1 aliphatic rings. The smallest absolute Gasteiger partial charge is 0.175 e. The average molecular weight is 470 g/mol. The molecule has 3 aromatic carbocycles. The predicted molar refractivity (Wildman–Crippen MR) is 130 cm³/mol. The number of ether oxygens (including phenoxy) is 1. The van der Waals surface area contributed by atoms with Gasteiger partial charge in [0.1, 0.15) is 5.75 Å². The summed E-state index contributed by atoms with van der Waals surface area (Å²) in [5, 5.41) is 0.780. The highest BCUT2D eigenvalue weighted by Gasteiger charge is 2.20. The molecule has 0 saturated carbocycles. The molecule has 3 aromatic rings. The van der Waals surface area contributed by atoms with Crippen molar-refractivity contribution in [2.24, 2.45) is 5.92 Å². The van der Waals surface area contributed by atoms with Gasteiger partial charge in [-0.15, -0.1) is 0 Å². The van der Waals surface area contributed by atoms with Crippen molar-refractivity contribution in [1.82, 2.24) is 4.90 Å². The maximum absolute atomic E-state index is 11.6. The molecular formula is C26H28ClNO3S. The van der Waals surface area contributed by atoms with Gasteiger partial charge in [-0.1, -0.05) is 48.0 Å². The van der Waals surface area contributed by atoms with Gasteiger partial charge in [0, 0.05) is 17.8 Å². The van der Waals surface area contributed by atoms with Crippen molar-refractivity contribution in [2.45, 2.75) is 24.3 Å². The molecule has 4 nitrogen and oxygen atoms in total. The van der Waals surface area contributed by atoms with Crippen LogP contribution in [0.5, 0.6) is 5.75 Å². The zero-order chi connectivity index (χ0) is 22.6. The quantitative estimate of drug-likeness (QED) is 0.445. The highest BCUT2D eigenvalue weighted by Crippen LogP contribution is 2.25. The van der Waals surface area contributed by atoms with E-state index in [0.29, 0.717) is 10.8 Å². The second-order valence-electron chi connectivity index (χ2n) is 8.48. The van der Waals surface area contributed by atoms with Crippen molar-refractivity contribution in [1.29, 1.82) is 0 Å². The van der Waals surface area contributed by atoms with Crippen LogP contribution in [0.15, 0.2) is 77.7 Å². The van der Waals surface area contributed by atoms with Crippen LogP contribution in [0.2, 0.25) is 5.02 Å². The van der Waals surface area contributed by atoms with Crippen LogP contribution in [0.4, 0.5) is 0 Å². The summed E-state index contributed by atoms with van der Waals surface area (Å²) in [5.41, 5.74) is 3.32. The van der Waals surface area contributed by atoms with Gasteiger partial charge in [-0.25, -0.2) is 8.42 Å². The third-order valence-electron chi connectivity index (χ3n) is 5.98. The minimum absolute atomic E-state index is 0.334. The van der Waals surface area contributed by atoms with E-state index in [1.807, 2.05) is 48.5 Å². The molecule has 0 aromatic heterocycles. The Morgan fingerprint density at radius 2 is 1.44 bits per heavy atom. The van der Waals surface area contributed by atoms with Gasteiger partial charge >= 0.3 is 0 Å². The first kappa shape index (κ1) is 22.8. The van der Waals surface area contributed by atoms with Gasteiger partial charge in [-0.05, 0) is 84.9 Å². The summed E-state index contributed by atoms with van der Waals surface area (Å²) >= 11 is 5.97. The van der Waals surface area contributed by atoms with E-state index in [-0.39, 0.29) is 0 Å². The van der Waals surface area contributed by atoms with Crippen molar-refractivity contribution in [2.75, 3.05) is 26.0 Å². The molecule has 0 unspecified atom stereocenters. The molecule has 4 rings (SSSR count). The second kappa shape index (κ2) is 10.1. The van der Waals surface area contributed by atoms with Crippen molar-refractivity contribution < 1.29 is 13.2 Å². The van der Waals surface area contributed by atoms with Crippen LogP contribution in [-0.2, 0) is 16.4 Å². The van der Waals surface area contributed by atoms with E-state index < -0.39 is 9.84 Å². The summed E-state index contributed by atoms with van der Waals surface area (Å²) in [6, 6.07) is 23.1. The average Bonchev–Trinajstić information content (AvgIpc) is 2.80. The summed E-state index contributed by atoms with van der Waals surface area (Å²) in [7, 11) is -3.18. The van der Waals surface area contributed by atoms with Gasteiger partial charge in [0.25, 0.3) is 0 Å². The first-order valence-electron chi connectivity index (χ1n) is 10.9. The number of rotatable bonds is 7. The maximum atomic E-state index is 11.6. The van der Waals surface area contributed by atoms with Crippen molar-refractivity contribution >= 4 is 21.4 Å². The summed E-state index contributed by atoms with van der Waals surface area (Å²) in [5.74, 6) is 1.43. The van der Waals surface area contributed by atoms with E-state index in [9.17, 15) is 8.42 Å². The fourth-order valence-corrected chi connectivity index (χ4v) is 4.77. The maximum Gasteiger partial charge on any atom is 0.175 e. The highest BCUT2D eigenvalue weighted by atomic mass is 35.5. The Morgan fingerprint density at radius 3 is 2.00 bits per heavy atom. The van der Waals surface area contributed by atoms with Crippen LogP contribution >= 0.6 is 11.6 Å². The predicted octanol–water partition coefficient (Wildman–Crippen LogP) is 5.70. The van der Waals surface area contributed by atoms with Gasteiger partial charge in [0.2, 0.25) is 0 Å². The summed E-state index contributed by atoms with van der Waals surface area (Å²) in [6.07, 6.45) is 3.49. The third-order valence-corrected chi connectivity index (χ3v) is 7.36. The summed E-state index contributed by atoms with van der Waals surface area (Å²) < 4.78 is 29.3. The Balaban J connectivity index is 1.25. The Bertz CT molecular complexity index is 1120. The SMILES string of the molecule is CS(=O)(=O)c1ccc(-c2ccc(OCC3CCN(Cc4ccc(Cl)cc4)CC3)cc2)cc1. The zero-order valence-corrected chi connectivity index (χ0v) is 19.8. The van der Waals surface area contributed by atoms with Crippen LogP contribution in [0.1, 0.15) is 18.4 Å². The largest absolute Gasteiger partial charge is 0.493 e. The minimum Gasteiger partial charge on any atom is -0.493 e. The minimum atomic E-state index is -3.18. The van der Waals surface area contributed by atoms with E-state index in [1.165, 1.54) is 11.8 Å². The zero-order valence-electron chi connectivity index (χ0n) is 18.2. The van der Waals surface area contributed by atoms with Gasteiger partial charge in [-0.2, -0.15) is 0 Å². The number of hydrogen-bond acceptors (Lipinski definition) is 4. The lowest BCUT2D eigenvalue weighted by Gasteiger charge is -2.31. The van der Waals surface area contributed by atoms with Crippen LogP contribution in [-0.4, -0.2) is 39.3 Å². The first-order chi connectivity index (χ1) is 15.4. The molecule has 0 N–H and O–H groups in total. The molecule has 0 bridgehead atoms. The molecule has 0 spiro atoms. The Labute approximate surface area is 195 Å². The molecule has 1 fully saturated rings. The lowest BCUT2D eigenvalue weighted by molar-refractivity contribution is 0.137. The molecule has 0 aliphatic carbocycles. The van der Waals surface area contributed by atoms with E-state index in [2.05, 4.69) is 17.0 Å². The molecular weight excluding hydrogens is 442 g/mol. The number of nitrogens with zero attached hydrogens (tertiary/aromatic N) is 1. The van der Waals surface area contributed by atoms with E-state index in [4.69, 9.17) is 16.3 Å². The van der Waals surface area contributed by atoms with Gasteiger partial charge < -0.3 is 4.74 Å². The number of benzene rings is 3. The Hall–Kier alpha value is -2.34. The van der Waals surface area contributed by atoms with Crippen LogP contribution in [0.25, 0.3) is 11.1 Å². The summed E-state index contributed by atoms with van der Waals surface area (Å²) in [4.78, 5) is 2.82. The monoisotopic (exact) mass is 469 g/mol. The summed E-state index contributed by atoms with van der Waals surface area (Å²) in [6.45, 7) is 3.87.